The van der Waals surface area contributed by atoms with Gasteiger partial charge >= 0.3 is 5.69 Å². The van der Waals surface area contributed by atoms with Gasteiger partial charge in [0.15, 0.2) is 17.2 Å². The van der Waals surface area contributed by atoms with Crippen LogP contribution < -0.4 is 15.7 Å². The van der Waals surface area contributed by atoms with Crippen LogP contribution in [-0.4, -0.2) is 48.9 Å². The predicted molar refractivity (Wildman–Crippen MR) is 130 cm³/mol. The van der Waals surface area contributed by atoms with E-state index >= 15 is 0 Å². The summed E-state index contributed by atoms with van der Waals surface area (Å²) in [5, 5.41) is 3.09. The van der Waals surface area contributed by atoms with E-state index in [0.29, 0.717) is 40.7 Å². The quantitative estimate of drug-likeness (QED) is 0.367. The van der Waals surface area contributed by atoms with E-state index in [4.69, 9.17) is 9.72 Å². The first-order valence-corrected chi connectivity index (χ1v) is 11.7. The molecule has 0 saturated carbocycles. The van der Waals surface area contributed by atoms with Crippen LogP contribution in [-0.2, 0) is 6.54 Å². The van der Waals surface area contributed by atoms with Crippen molar-refractivity contribution < 1.29 is 13.5 Å². The number of para-hydroxylation sites is 1. The average molecular weight is 492 g/mol. The van der Waals surface area contributed by atoms with E-state index in [0.717, 1.165) is 13.0 Å². The lowest BCUT2D eigenvalue weighted by Gasteiger charge is -2.26. The Morgan fingerprint density at radius 2 is 2.06 bits per heavy atom. The minimum Gasteiger partial charge on any atom is -0.490 e. The molecule has 6 rings (SSSR count). The van der Waals surface area contributed by atoms with Crippen LogP contribution in [0.4, 0.5) is 8.78 Å². The fraction of sp³-hybridized carbons (Fsp3) is 0.280. The van der Waals surface area contributed by atoms with Crippen molar-refractivity contribution in [2.24, 2.45) is 0 Å². The maximum Gasteiger partial charge on any atom is 0.330 e. The molecule has 11 heteroatoms. The maximum absolute atomic E-state index is 14.5. The highest BCUT2D eigenvalue weighted by molar-refractivity contribution is 5.78. The Hall–Kier alpha value is -4.12. The third kappa shape index (κ3) is 3.54. The van der Waals surface area contributed by atoms with Crippen LogP contribution in [0.1, 0.15) is 24.4 Å². The Balaban J connectivity index is 1.57. The van der Waals surface area contributed by atoms with E-state index in [1.165, 1.54) is 24.5 Å². The lowest BCUT2D eigenvalue weighted by Crippen LogP contribution is -2.31. The van der Waals surface area contributed by atoms with Gasteiger partial charge in [-0.3, -0.25) is 13.7 Å². The van der Waals surface area contributed by atoms with Crippen molar-refractivity contribution in [2.45, 2.75) is 25.4 Å². The summed E-state index contributed by atoms with van der Waals surface area (Å²) in [6.07, 6.45) is 4.33. The molecule has 0 fully saturated rings. The van der Waals surface area contributed by atoms with Gasteiger partial charge in [0.05, 0.1) is 29.9 Å². The van der Waals surface area contributed by atoms with Crippen molar-refractivity contribution >= 4 is 22.2 Å². The highest BCUT2D eigenvalue weighted by Crippen LogP contribution is 2.37. The number of aryl methyl sites for hydroxylation is 1. The molecule has 0 radical (unpaired) electrons. The standard InChI is InChI=1S/C25H23F2N7O2/c1-28-9-3-10-32-21-13-29-24(33-14-30-18-7-6-15(26)12-20(18)33)31-23(21)34(25(32)35)19-8-11-36-22-16(19)4-2-5-17(22)27/h2,4-7,12-14,19,28H,3,8-11H2,1H3/t19-/m1/s1. The molecular weight excluding hydrogens is 468 g/mol. The van der Waals surface area contributed by atoms with Crippen molar-refractivity contribution in [3.05, 3.63) is 76.6 Å². The molecule has 0 saturated heterocycles. The van der Waals surface area contributed by atoms with Crippen LogP contribution in [0.3, 0.4) is 0 Å². The lowest BCUT2D eigenvalue weighted by atomic mass is 10.00. The second-order valence-electron chi connectivity index (χ2n) is 8.70. The molecule has 1 atom stereocenters. The molecule has 1 aliphatic rings. The highest BCUT2D eigenvalue weighted by atomic mass is 19.1. The van der Waals surface area contributed by atoms with Gasteiger partial charge in [0.2, 0.25) is 5.95 Å². The number of imidazole rings is 2. The molecule has 4 heterocycles. The third-order valence-corrected chi connectivity index (χ3v) is 6.53. The Bertz CT molecular complexity index is 1660. The summed E-state index contributed by atoms with van der Waals surface area (Å²) in [5.74, 6) is -0.464. The van der Waals surface area contributed by atoms with E-state index in [2.05, 4.69) is 15.3 Å². The Morgan fingerprint density at radius 3 is 2.92 bits per heavy atom. The van der Waals surface area contributed by atoms with Crippen LogP contribution in [0.15, 0.2) is 53.7 Å². The number of fused-ring (bicyclic) bond motifs is 3. The summed E-state index contributed by atoms with van der Waals surface area (Å²) >= 11 is 0. The zero-order valence-electron chi connectivity index (χ0n) is 19.5. The summed E-state index contributed by atoms with van der Waals surface area (Å²) in [6, 6.07) is 8.55. The molecule has 1 aliphatic heterocycles. The molecular formula is C25H23F2N7O2. The summed E-state index contributed by atoms with van der Waals surface area (Å²) in [6.45, 7) is 1.46. The number of hydrogen-bond acceptors (Lipinski definition) is 6. The predicted octanol–water partition coefficient (Wildman–Crippen LogP) is 3.19. The van der Waals surface area contributed by atoms with Crippen molar-refractivity contribution in [3.63, 3.8) is 0 Å². The monoisotopic (exact) mass is 491 g/mol. The van der Waals surface area contributed by atoms with Gasteiger partial charge in [-0.25, -0.2) is 23.5 Å². The first kappa shape index (κ1) is 22.4. The highest BCUT2D eigenvalue weighted by Gasteiger charge is 2.30. The molecule has 1 N–H and O–H groups in total. The van der Waals surface area contributed by atoms with Crippen LogP contribution in [0, 0.1) is 11.6 Å². The second-order valence-corrected chi connectivity index (χ2v) is 8.70. The minimum atomic E-state index is -0.468. The van der Waals surface area contributed by atoms with E-state index in [1.807, 2.05) is 7.05 Å². The molecule has 36 heavy (non-hydrogen) atoms. The van der Waals surface area contributed by atoms with Crippen LogP contribution >= 0.6 is 0 Å². The van der Waals surface area contributed by atoms with Crippen molar-refractivity contribution in [3.8, 4) is 11.7 Å². The van der Waals surface area contributed by atoms with Crippen LogP contribution in [0.25, 0.3) is 28.1 Å². The lowest BCUT2D eigenvalue weighted by molar-refractivity contribution is 0.243. The van der Waals surface area contributed by atoms with Gasteiger partial charge < -0.3 is 10.1 Å². The summed E-state index contributed by atoms with van der Waals surface area (Å²) in [4.78, 5) is 27.3. The van der Waals surface area contributed by atoms with E-state index in [-0.39, 0.29) is 24.0 Å². The molecule has 184 valence electrons. The molecule has 0 spiro atoms. The zero-order chi connectivity index (χ0) is 24.8. The van der Waals surface area contributed by atoms with Crippen molar-refractivity contribution in [1.29, 1.82) is 0 Å². The van der Waals surface area contributed by atoms with Gasteiger partial charge in [0.1, 0.15) is 17.7 Å². The Kier molecular flexibility index (Phi) is 5.48. The fourth-order valence-corrected chi connectivity index (χ4v) is 4.85. The number of nitrogens with one attached hydrogen (secondary N) is 1. The number of halogens is 2. The van der Waals surface area contributed by atoms with Crippen molar-refractivity contribution in [1.82, 2.24) is 34.0 Å². The summed E-state index contributed by atoms with van der Waals surface area (Å²) < 4.78 is 38.9. The molecule has 0 aliphatic carbocycles. The number of nitrogens with zero attached hydrogens (tertiary/aromatic N) is 6. The second kappa shape index (κ2) is 8.83. The molecule has 0 amide bonds. The SMILES string of the molecule is CNCCCn1c(=O)n([C@@H]2CCOc3c(F)cccc32)c2nc(-n3cnc4ccc(F)cc43)ncc21. The number of hydrogen-bond donors (Lipinski definition) is 1. The fourth-order valence-electron chi connectivity index (χ4n) is 4.85. The minimum absolute atomic E-state index is 0.155. The molecule has 2 aromatic carbocycles. The number of benzene rings is 2. The summed E-state index contributed by atoms with van der Waals surface area (Å²) in [7, 11) is 1.85. The maximum atomic E-state index is 14.5. The average Bonchev–Trinajstić information content (AvgIpc) is 3.42. The van der Waals surface area contributed by atoms with Gasteiger partial charge in [0, 0.05) is 24.6 Å². The normalized spacial score (nSPS) is 15.4. The zero-order valence-corrected chi connectivity index (χ0v) is 19.5. The first-order valence-electron chi connectivity index (χ1n) is 11.7. The van der Waals surface area contributed by atoms with Crippen molar-refractivity contribution in [2.75, 3.05) is 20.2 Å². The third-order valence-electron chi connectivity index (χ3n) is 6.53. The topological polar surface area (TPSA) is 91.8 Å². The molecule has 3 aromatic heterocycles. The van der Waals surface area contributed by atoms with Gasteiger partial charge in [-0.1, -0.05) is 12.1 Å². The molecule has 9 nitrogen and oxygen atoms in total. The van der Waals surface area contributed by atoms with Crippen LogP contribution in [0.2, 0.25) is 0 Å². The van der Waals surface area contributed by atoms with E-state index < -0.39 is 17.7 Å². The van der Waals surface area contributed by atoms with Crippen LogP contribution in [0.5, 0.6) is 5.75 Å². The van der Waals surface area contributed by atoms with Gasteiger partial charge in [-0.15, -0.1) is 0 Å². The molecule has 0 unspecified atom stereocenters. The number of ether oxygens (including phenoxy) is 1. The summed E-state index contributed by atoms with van der Waals surface area (Å²) in [5.41, 5.74) is 2.42. The number of aromatic nitrogens is 6. The Labute approximate surface area is 204 Å². The van der Waals surface area contributed by atoms with Gasteiger partial charge in [0.25, 0.3) is 0 Å². The Morgan fingerprint density at radius 1 is 1.17 bits per heavy atom. The molecule has 0 bridgehead atoms. The smallest absolute Gasteiger partial charge is 0.330 e. The van der Waals surface area contributed by atoms with Gasteiger partial charge in [-0.2, -0.15) is 4.98 Å². The first-order chi connectivity index (χ1) is 17.6. The van der Waals surface area contributed by atoms with E-state index in [9.17, 15) is 13.6 Å². The largest absolute Gasteiger partial charge is 0.490 e. The van der Waals surface area contributed by atoms with E-state index in [1.54, 1.807) is 38.1 Å². The number of rotatable bonds is 6. The van der Waals surface area contributed by atoms with Gasteiger partial charge in [-0.05, 0) is 38.2 Å². The molecule has 5 aromatic rings.